The maximum absolute atomic E-state index is 13.1. The molecule has 0 aromatic carbocycles. The topological polar surface area (TPSA) is 66.6 Å². The van der Waals surface area contributed by atoms with Crippen molar-refractivity contribution < 1.29 is 22.8 Å². The molecular weight excluding hydrogens is 323 g/mol. The van der Waals surface area contributed by atoms with Crippen LogP contribution in [0.25, 0.3) is 0 Å². The van der Waals surface area contributed by atoms with Gasteiger partial charge in [0.05, 0.1) is 17.8 Å². The lowest BCUT2D eigenvalue weighted by Crippen LogP contribution is -2.58. The molecular formula is C16H24F3N3O2. The third kappa shape index (κ3) is 3.38. The summed E-state index contributed by atoms with van der Waals surface area (Å²) in [6.45, 7) is 0.587. The number of alkyl halides is 3. The van der Waals surface area contributed by atoms with Crippen LogP contribution in [0.1, 0.15) is 32.1 Å². The van der Waals surface area contributed by atoms with Gasteiger partial charge in [-0.2, -0.15) is 13.2 Å². The van der Waals surface area contributed by atoms with Gasteiger partial charge >= 0.3 is 6.18 Å². The Bertz CT molecular complexity index is 499. The number of nitrogens with zero attached hydrogens (tertiary/aromatic N) is 2. The van der Waals surface area contributed by atoms with Crippen molar-refractivity contribution in [3.63, 3.8) is 0 Å². The van der Waals surface area contributed by atoms with Crippen LogP contribution in [0, 0.1) is 17.8 Å². The van der Waals surface area contributed by atoms with E-state index in [0.29, 0.717) is 19.1 Å². The number of carbonyl (C=O) groups excluding carboxylic acids is 2. The summed E-state index contributed by atoms with van der Waals surface area (Å²) in [6.07, 6.45) is 1.45. The van der Waals surface area contributed by atoms with Crippen molar-refractivity contribution in [2.45, 2.75) is 44.3 Å². The normalized spacial score (nSPS) is 30.4. The first-order valence-electron chi connectivity index (χ1n) is 8.66. The number of likely N-dealkylation sites (tertiary alicyclic amines) is 2. The number of hydrogen-bond donors (Lipinski definition) is 1. The summed E-state index contributed by atoms with van der Waals surface area (Å²) >= 11 is 0. The average Bonchev–Trinajstić information content (AvgIpc) is 2.92. The molecule has 2 amide bonds. The van der Waals surface area contributed by atoms with Crippen molar-refractivity contribution in [2.75, 3.05) is 26.2 Å². The van der Waals surface area contributed by atoms with Crippen LogP contribution in [0.4, 0.5) is 13.2 Å². The molecule has 0 bridgehead atoms. The molecule has 3 fully saturated rings. The van der Waals surface area contributed by atoms with E-state index in [1.807, 2.05) is 0 Å². The zero-order valence-electron chi connectivity index (χ0n) is 13.6. The summed E-state index contributed by atoms with van der Waals surface area (Å²) in [5, 5.41) is 0. The smallest absolute Gasteiger partial charge is 0.369 e. The van der Waals surface area contributed by atoms with Gasteiger partial charge in [0.2, 0.25) is 11.8 Å². The van der Waals surface area contributed by atoms with E-state index in [1.54, 1.807) is 0 Å². The second kappa shape index (κ2) is 6.54. The fraction of sp³-hybridized carbons (Fsp3) is 0.875. The quantitative estimate of drug-likeness (QED) is 0.839. The Morgan fingerprint density at radius 2 is 1.58 bits per heavy atom. The van der Waals surface area contributed by atoms with E-state index in [4.69, 9.17) is 5.73 Å². The third-order valence-corrected chi connectivity index (χ3v) is 5.77. The zero-order chi connectivity index (χ0) is 17.5. The van der Waals surface area contributed by atoms with Crippen molar-refractivity contribution in [3.8, 4) is 0 Å². The van der Waals surface area contributed by atoms with E-state index in [2.05, 4.69) is 4.90 Å². The second-order valence-corrected chi connectivity index (χ2v) is 7.34. The van der Waals surface area contributed by atoms with E-state index in [1.165, 1.54) is 24.2 Å². The van der Waals surface area contributed by atoms with Gasteiger partial charge in [0.25, 0.3) is 0 Å². The van der Waals surface area contributed by atoms with Gasteiger partial charge in [0, 0.05) is 32.2 Å². The fourth-order valence-corrected chi connectivity index (χ4v) is 4.28. The molecule has 136 valence electrons. The molecule has 0 spiro atoms. The highest BCUT2D eigenvalue weighted by Crippen LogP contribution is 2.38. The minimum absolute atomic E-state index is 0.210. The Morgan fingerprint density at radius 3 is 2.08 bits per heavy atom. The number of rotatable bonds is 3. The highest BCUT2D eigenvalue weighted by molar-refractivity contribution is 5.83. The third-order valence-electron chi connectivity index (χ3n) is 5.77. The van der Waals surface area contributed by atoms with Crippen LogP contribution in [0.3, 0.4) is 0 Å². The molecule has 2 heterocycles. The van der Waals surface area contributed by atoms with Crippen LogP contribution >= 0.6 is 0 Å². The molecule has 3 aliphatic rings. The maximum Gasteiger partial charge on any atom is 0.394 e. The number of amides is 2. The van der Waals surface area contributed by atoms with Crippen LogP contribution in [-0.2, 0) is 9.59 Å². The van der Waals surface area contributed by atoms with Crippen molar-refractivity contribution in [2.24, 2.45) is 23.5 Å². The van der Waals surface area contributed by atoms with Crippen LogP contribution in [-0.4, -0.2) is 60.0 Å². The van der Waals surface area contributed by atoms with Crippen molar-refractivity contribution >= 4 is 11.8 Å². The van der Waals surface area contributed by atoms with Gasteiger partial charge in [-0.3, -0.25) is 14.5 Å². The number of hydrogen-bond acceptors (Lipinski definition) is 3. The summed E-state index contributed by atoms with van der Waals surface area (Å²) in [6, 6.07) is 0.516. The fourth-order valence-electron chi connectivity index (χ4n) is 4.28. The molecule has 3 rings (SSSR count). The lowest BCUT2D eigenvalue weighted by molar-refractivity contribution is -0.183. The SMILES string of the molecule is NC(=O)[C@@H]1CN(C(=O)C2CN(C3CCCCC3)C2)C[C@H]1C(F)(F)F. The minimum Gasteiger partial charge on any atom is -0.369 e. The first kappa shape index (κ1) is 17.5. The molecule has 0 aromatic rings. The van der Waals surface area contributed by atoms with Crippen LogP contribution in [0.2, 0.25) is 0 Å². The molecule has 2 aliphatic heterocycles. The van der Waals surface area contributed by atoms with Gasteiger partial charge < -0.3 is 10.6 Å². The van der Waals surface area contributed by atoms with Gasteiger partial charge in [-0.1, -0.05) is 19.3 Å². The Labute approximate surface area is 139 Å². The number of nitrogens with two attached hydrogens (primary N) is 1. The molecule has 0 aromatic heterocycles. The molecule has 8 heteroatoms. The van der Waals surface area contributed by atoms with Crippen LogP contribution < -0.4 is 5.73 Å². The van der Waals surface area contributed by atoms with E-state index < -0.39 is 30.5 Å². The van der Waals surface area contributed by atoms with Crippen molar-refractivity contribution in [3.05, 3.63) is 0 Å². The molecule has 2 saturated heterocycles. The Hall–Kier alpha value is -1.31. The van der Waals surface area contributed by atoms with Crippen LogP contribution in [0.15, 0.2) is 0 Å². The van der Waals surface area contributed by atoms with Crippen molar-refractivity contribution in [1.82, 2.24) is 9.80 Å². The average molecular weight is 347 g/mol. The van der Waals surface area contributed by atoms with Gasteiger partial charge in [-0.05, 0) is 12.8 Å². The van der Waals surface area contributed by atoms with Gasteiger partial charge in [0.15, 0.2) is 0 Å². The van der Waals surface area contributed by atoms with E-state index >= 15 is 0 Å². The molecule has 24 heavy (non-hydrogen) atoms. The van der Waals surface area contributed by atoms with E-state index in [-0.39, 0.29) is 18.4 Å². The van der Waals surface area contributed by atoms with E-state index in [0.717, 1.165) is 12.8 Å². The Morgan fingerprint density at radius 1 is 0.958 bits per heavy atom. The summed E-state index contributed by atoms with van der Waals surface area (Å²) in [5.41, 5.74) is 5.10. The monoisotopic (exact) mass is 347 g/mol. The summed E-state index contributed by atoms with van der Waals surface area (Å²) in [4.78, 5) is 27.3. The maximum atomic E-state index is 13.1. The minimum atomic E-state index is -4.51. The summed E-state index contributed by atoms with van der Waals surface area (Å²) in [7, 11) is 0. The first-order chi connectivity index (χ1) is 11.3. The first-order valence-corrected chi connectivity index (χ1v) is 8.66. The summed E-state index contributed by atoms with van der Waals surface area (Å²) < 4.78 is 39.2. The lowest BCUT2D eigenvalue weighted by atomic mass is 9.88. The van der Waals surface area contributed by atoms with Gasteiger partial charge in [-0.15, -0.1) is 0 Å². The molecule has 5 nitrogen and oxygen atoms in total. The molecule has 2 N–H and O–H groups in total. The Balaban J connectivity index is 1.55. The summed E-state index contributed by atoms with van der Waals surface area (Å²) in [5.74, 6) is -4.66. The standard InChI is InChI=1S/C16H24F3N3O2/c17-16(18,19)13-9-22(8-12(13)14(20)23)15(24)10-6-21(7-10)11-4-2-1-3-5-11/h10-13H,1-9H2,(H2,20,23)/t12-,13-/m1/s1. The van der Waals surface area contributed by atoms with Gasteiger partial charge in [0.1, 0.15) is 0 Å². The van der Waals surface area contributed by atoms with Crippen molar-refractivity contribution in [1.29, 1.82) is 0 Å². The molecule has 0 unspecified atom stereocenters. The number of primary amides is 1. The highest BCUT2D eigenvalue weighted by atomic mass is 19.4. The predicted octanol–water partition coefficient (Wildman–Crippen LogP) is 1.37. The highest BCUT2D eigenvalue weighted by Gasteiger charge is 2.54. The molecule has 0 radical (unpaired) electrons. The predicted molar refractivity (Wildman–Crippen MR) is 80.7 cm³/mol. The Kier molecular flexibility index (Phi) is 4.77. The van der Waals surface area contributed by atoms with Gasteiger partial charge in [-0.25, -0.2) is 0 Å². The molecule has 2 atom stereocenters. The number of carbonyl (C=O) groups is 2. The second-order valence-electron chi connectivity index (χ2n) is 7.34. The number of halogens is 3. The van der Waals surface area contributed by atoms with E-state index in [9.17, 15) is 22.8 Å². The van der Waals surface area contributed by atoms with Crippen LogP contribution in [0.5, 0.6) is 0 Å². The molecule has 1 aliphatic carbocycles. The zero-order valence-corrected chi connectivity index (χ0v) is 13.6. The largest absolute Gasteiger partial charge is 0.394 e. The molecule has 1 saturated carbocycles. The lowest BCUT2D eigenvalue weighted by Gasteiger charge is -2.45.